The summed E-state index contributed by atoms with van der Waals surface area (Å²) in [6.07, 6.45) is -4.48. The van der Waals surface area contributed by atoms with Crippen molar-refractivity contribution in [3.05, 3.63) is 65.5 Å². The highest BCUT2D eigenvalue weighted by Crippen LogP contribution is 2.30. The molecular weight excluding hydrogens is 352 g/mol. The number of anilines is 1. The molecule has 1 fully saturated rings. The molecule has 0 unspecified atom stereocenters. The maximum atomic E-state index is 13.0. The number of rotatable bonds is 3. The third-order valence-corrected chi connectivity index (χ3v) is 4.07. The van der Waals surface area contributed by atoms with Gasteiger partial charge in [0.2, 0.25) is 0 Å². The molecule has 1 heterocycles. The molecule has 0 aromatic heterocycles. The van der Waals surface area contributed by atoms with E-state index in [4.69, 9.17) is 0 Å². The summed E-state index contributed by atoms with van der Waals surface area (Å²) < 4.78 is 51.3. The van der Waals surface area contributed by atoms with E-state index in [0.717, 1.165) is 12.1 Å². The minimum absolute atomic E-state index is 0.0915. The third kappa shape index (κ3) is 3.68. The van der Waals surface area contributed by atoms with Crippen LogP contribution in [0.5, 0.6) is 0 Å². The largest absolute Gasteiger partial charge is 0.416 e. The van der Waals surface area contributed by atoms with E-state index in [1.165, 1.54) is 46.2 Å². The molecule has 3 rings (SSSR count). The van der Waals surface area contributed by atoms with Crippen molar-refractivity contribution < 1.29 is 27.2 Å². The number of nitrogens with zero attached hydrogens (tertiary/aromatic N) is 2. The van der Waals surface area contributed by atoms with Crippen LogP contribution < -0.4 is 4.90 Å². The summed E-state index contributed by atoms with van der Waals surface area (Å²) in [6.45, 7) is 0.249. The molecule has 0 atom stereocenters. The lowest BCUT2D eigenvalue weighted by Crippen LogP contribution is -2.54. The van der Waals surface area contributed by atoms with Gasteiger partial charge in [-0.15, -0.1) is 0 Å². The molecule has 1 aliphatic rings. The number of benzene rings is 2. The van der Waals surface area contributed by atoms with Crippen LogP contribution in [0.3, 0.4) is 0 Å². The van der Waals surface area contributed by atoms with Gasteiger partial charge in [0.15, 0.2) is 0 Å². The first-order valence-corrected chi connectivity index (χ1v) is 7.78. The Balaban J connectivity index is 1.73. The summed E-state index contributed by atoms with van der Waals surface area (Å²) >= 11 is 0. The number of carbonyl (C=O) groups is 2. The van der Waals surface area contributed by atoms with Gasteiger partial charge in [-0.3, -0.25) is 9.59 Å². The van der Waals surface area contributed by atoms with Crippen molar-refractivity contribution in [1.82, 2.24) is 4.90 Å². The van der Waals surface area contributed by atoms with Crippen molar-refractivity contribution >= 4 is 17.5 Å². The summed E-state index contributed by atoms with van der Waals surface area (Å²) in [4.78, 5) is 27.0. The van der Waals surface area contributed by atoms with Gasteiger partial charge in [-0.25, -0.2) is 4.39 Å². The zero-order valence-electron chi connectivity index (χ0n) is 13.5. The van der Waals surface area contributed by atoms with Crippen LogP contribution in [-0.2, 0) is 22.3 Å². The fraction of sp³-hybridized carbons (Fsp3) is 0.222. The van der Waals surface area contributed by atoms with Gasteiger partial charge in [0.25, 0.3) is 0 Å². The zero-order chi connectivity index (χ0) is 18.9. The van der Waals surface area contributed by atoms with Crippen LogP contribution in [0.25, 0.3) is 0 Å². The van der Waals surface area contributed by atoms with Crippen molar-refractivity contribution in [3.8, 4) is 0 Å². The maximum Gasteiger partial charge on any atom is 0.416 e. The highest BCUT2D eigenvalue weighted by molar-refractivity contribution is 6.40. The van der Waals surface area contributed by atoms with Gasteiger partial charge in [-0.1, -0.05) is 12.1 Å². The van der Waals surface area contributed by atoms with E-state index < -0.39 is 29.4 Å². The second-order valence-electron chi connectivity index (χ2n) is 5.86. The molecule has 0 bridgehead atoms. The van der Waals surface area contributed by atoms with Crippen LogP contribution in [0.2, 0.25) is 0 Å². The first-order valence-electron chi connectivity index (χ1n) is 7.78. The van der Waals surface area contributed by atoms with E-state index in [1.807, 2.05) is 0 Å². The summed E-state index contributed by atoms with van der Waals surface area (Å²) in [5, 5.41) is 0. The molecule has 2 aromatic carbocycles. The SMILES string of the molecule is O=C1C(=O)N(c2ccc(F)cc2)CCN1Cc1cccc(C(F)(F)F)c1. The van der Waals surface area contributed by atoms with Gasteiger partial charge in [-0.2, -0.15) is 13.2 Å². The van der Waals surface area contributed by atoms with Gasteiger partial charge < -0.3 is 9.80 Å². The minimum Gasteiger partial charge on any atom is -0.328 e. The van der Waals surface area contributed by atoms with Crippen LogP contribution in [0.15, 0.2) is 48.5 Å². The van der Waals surface area contributed by atoms with Crippen LogP contribution >= 0.6 is 0 Å². The Bertz CT molecular complexity index is 834. The van der Waals surface area contributed by atoms with Crippen molar-refractivity contribution in [2.75, 3.05) is 18.0 Å². The summed E-state index contributed by atoms with van der Waals surface area (Å²) in [5.41, 5.74) is -0.126. The number of alkyl halides is 3. The topological polar surface area (TPSA) is 40.6 Å². The average Bonchev–Trinajstić information content (AvgIpc) is 2.60. The van der Waals surface area contributed by atoms with Gasteiger partial charge >= 0.3 is 18.0 Å². The molecule has 2 amide bonds. The molecule has 0 N–H and O–H groups in total. The van der Waals surface area contributed by atoms with Gasteiger partial charge in [0.05, 0.1) is 5.56 Å². The van der Waals surface area contributed by atoms with Crippen LogP contribution in [-0.4, -0.2) is 29.8 Å². The zero-order valence-corrected chi connectivity index (χ0v) is 13.5. The molecule has 136 valence electrons. The number of amides is 2. The van der Waals surface area contributed by atoms with Crippen molar-refractivity contribution in [3.63, 3.8) is 0 Å². The van der Waals surface area contributed by atoms with E-state index in [9.17, 15) is 27.2 Å². The Hall–Kier alpha value is -2.90. The molecule has 0 aliphatic carbocycles. The smallest absolute Gasteiger partial charge is 0.328 e. The molecule has 0 radical (unpaired) electrons. The first kappa shape index (κ1) is 17.9. The standard InChI is InChI=1S/C18H14F4N2O2/c19-14-4-6-15(7-5-14)24-9-8-23(16(25)17(24)26)11-12-2-1-3-13(10-12)18(20,21)22/h1-7,10H,8-9,11H2. The molecule has 26 heavy (non-hydrogen) atoms. The average molecular weight is 366 g/mol. The monoisotopic (exact) mass is 366 g/mol. The summed E-state index contributed by atoms with van der Waals surface area (Å²) in [5.74, 6) is -2.07. The normalized spacial score (nSPS) is 15.5. The molecular formula is C18H14F4N2O2. The quantitative estimate of drug-likeness (QED) is 0.618. The minimum atomic E-state index is -4.48. The molecule has 8 heteroatoms. The third-order valence-electron chi connectivity index (χ3n) is 4.07. The van der Waals surface area contributed by atoms with E-state index in [-0.39, 0.29) is 25.2 Å². The lowest BCUT2D eigenvalue weighted by Gasteiger charge is -2.33. The summed E-state index contributed by atoms with van der Waals surface area (Å²) in [6, 6.07) is 9.79. The Kier molecular flexibility index (Phi) is 4.67. The van der Waals surface area contributed by atoms with E-state index >= 15 is 0 Å². The number of halogens is 4. The first-order chi connectivity index (χ1) is 12.3. The van der Waals surface area contributed by atoms with Crippen LogP contribution in [0.1, 0.15) is 11.1 Å². The molecule has 2 aromatic rings. The Morgan fingerprint density at radius 2 is 1.62 bits per heavy atom. The van der Waals surface area contributed by atoms with Crippen molar-refractivity contribution in [2.24, 2.45) is 0 Å². The Labute approximate surface area is 146 Å². The molecule has 0 saturated carbocycles. The fourth-order valence-corrected chi connectivity index (χ4v) is 2.76. The number of hydrogen-bond donors (Lipinski definition) is 0. The molecule has 0 spiro atoms. The Morgan fingerprint density at radius 1 is 0.923 bits per heavy atom. The van der Waals surface area contributed by atoms with Crippen molar-refractivity contribution in [1.29, 1.82) is 0 Å². The van der Waals surface area contributed by atoms with Crippen molar-refractivity contribution in [2.45, 2.75) is 12.7 Å². The second-order valence-corrected chi connectivity index (χ2v) is 5.86. The van der Waals surface area contributed by atoms with Gasteiger partial charge in [-0.05, 0) is 42.0 Å². The van der Waals surface area contributed by atoms with Gasteiger partial charge in [0, 0.05) is 25.3 Å². The predicted molar refractivity (Wildman–Crippen MR) is 85.6 cm³/mol. The lowest BCUT2D eigenvalue weighted by molar-refractivity contribution is -0.146. The van der Waals surface area contributed by atoms with E-state index in [2.05, 4.69) is 0 Å². The predicted octanol–water partition coefficient (Wildman–Crippen LogP) is 3.22. The molecule has 1 saturated heterocycles. The Morgan fingerprint density at radius 3 is 2.27 bits per heavy atom. The lowest BCUT2D eigenvalue weighted by atomic mass is 10.1. The second kappa shape index (κ2) is 6.78. The number of hydrogen-bond acceptors (Lipinski definition) is 2. The number of piperazine rings is 1. The van der Waals surface area contributed by atoms with Gasteiger partial charge in [0.1, 0.15) is 5.82 Å². The highest BCUT2D eigenvalue weighted by atomic mass is 19.4. The van der Waals surface area contributed by atoms with E-state index in [1.54, 1.807) is 0 Å². The number of carbonyl (C=O) groups excluding carboxylic acids is 2. The maximum absolute atomic E-state index is 13.0. The summed E-state index contributed by atoms with van der Waals surface area (Å²) in [7, 11) is 0. The molecule has 4 nitrogen and oxygen atoms in total. The fourth-order valence-electron chi connectivity index (χ4n) is 2.76. The van der Waals surface area contributed by atoms with E-state index in [0.29, 0.717) is 5.69 Å². The molecule has 1 aliphatic heterocycles. The van der Waals surface area contributed by atoms with Crippen LogP contribution in [0.4, 0.5) is 23.2 Å². The van der Waals surface area contributed by atoms with Crippen LogP contribution in [0, 0.1) is 5.82 Å². The highest BCUT2D eigenvalue weighted by Gasteiger charge is 2.34.